The summed E-state index contributed by atoms with van der Waals surface area (Å²) in [5.74, 6) is 0.683. The minimum absolute atomic E-state index is 0.00496. The van der Waals surface area contributed by atoms with E-state index in [2.05, 4.69) is 31.5 Å². The van der Waals surface area contributed by atoms with Crippen molar-refractivity contribution < 1.29 is 20.4 Å². The van der Waals surface area contributed by atoms with E-state index in [0.717, 1.165) is 38.9 Å². The van der Waals surface area contributed by atoms with Crippen molar-refractivity contribution >= 4 is 46.2 Å². The molecule has 4 aromatic heterocycles. The minimum Gasteiger partial charge on any atom is -0.508 e. The molecule has 0 radical (unpaired) electrons. The summed E-state index contributed by atoms with van der Waals surface area (Å²) in [5, 5.41) is 57.6. The molecule has 0 amide bonds. The van der Waals surface area contributed by atoms with E-state index >= 15 is 0 Å². The summed E-state index contributed by atoms with van der Waals surface area (Å²) in [6.07, 6.45) is 2.01. The number of aryl methyl sites for hydroxylation is 2. The average Bonchev–Trinajstić information content (AvgIpc) is 3.87. The van der Waals surface area contributed by atoms with Gasteiger partial charge < -0.3 is 29.6 Å². The van der Waals surface area contributed by atoms with Gasteiger partial charge in [-0.3, -0.25) is 14.2 Å². The molecule has 0 unspecified atom stereocenters. The van der Waals surface area contributed by atoms with Crippen molar-refractivity contribution in [3.8, 4) is 57.1 Å². The van der Waals surface area contributed by atoms with E-state index in [1.807, 2.05) is 88.8 Å². The number of nitrogens with one attached hydrogen (secondary N) is 1. The first kappa shape index (κ1) is 35.9. The fourth-order valence-electron chi connectivity index (χ4n) is 7.36. The topological polar surface area (TPSA) is 147 Å². The number of rotatable bonds is 8. The van der Waals surface area contributed by atoms with Crippen LogP contribution >= 0.6 is 24.4 Å². The molecule has 4 aromatic carbocycles. The number of phenols is 4. The third-order valence-corrected chi connectivity index (χ3v) is 10.9. The lowest BCUT2D eigenvalue weighted by atomic mass is 9.98. The molecule has 4 heterocycles. The number of fused-ring (bicyclic) bond motifs is 2. The van der Waals surface area contributed by atoms with Gasteiger partial charge in [0.15, 0.2) is 16.4 Å². The first-order valence-electron chi connectivity index (χ1n) is 17.9. The summed E-state index contributed by atoms with van der Waals surface area (Å²) in [6, 6.07) is 22.4. The SMILES string of the molecule is Cc1cc2cc(-n3c(-c4cc(C(C)C)c(O)cc4O)n[nH]c3=S)ccc2n1Cn1nc(-c2cc(C(C)C)c(O)cc2O)n(-c2ccc3c(ccn3C)c2)c1=S. The fourth-order valence-corrected chi connectivity index (χ4v) is 7.89. The number of nitrogens with zero attached hydrogens (tertiary/aromatic N) is 7. The molecule has 0 fully saturated rings. The molecule has 0 aliphatic carbocycles. The number of aromatic nitrogens is 8. The van der Waals surface area contributed by atoms with Crippen LogP contribution in [0.15, 0.2) is 79.0 Å². The third kappa shape index (κ3) is 5.97. The Kier molecular flexibility index (Phi) is 8.69. The predicted octanol–water partition coefficient (Wildman–Crippen LogP) is 9.31. The van der Waals surface area contributed by atoms with E-state index in [0.29, 0.717) is 43.4 Å². The molecule has 0 aliphatic rings. The van der Waals surface area contributed by atoms with Crippen LogP contribution in [0, 0.1) is 16.5 Å². The van der Waals surface area contributed by atoms with Gasteiger partial charge in [0, 0.05) is 52.9 Å². The normalized spacial score (nSPS) is 11.9. The quantitative estimate of drug-likeness (QED) is 0.0961. The highest BCUT2D eigenvalue weighted by molar-refractivity contribution is 7.71. The van der Waals surface area contributed by atoms with Crippen LogP contribution < -0.4 is 0 Å². The van der Waals surface area contributed by atoms with E-state index in [-0.39, 0.29) is 41.5 Å². The van der Waals surface area contributed by atoms with E-state index < -0.39 is 0 Å². The van der Waals surface area contributed by atoms with Gasteiger partial charge in [-0.25, -0.2) is 4.68 Å². The lowest BCUT2D eigenvalue weighted by molar-refractivity contribution is 0.443. The van der Waals surface area contributed by atoms with Gasteiger partial charge in [-0.2, -0.15) is 5.10 Å². The lowest BCUT2D eigenvalue weighted by Crippen LogP contribution is -2.11. The summed E-state index contributed by atoms with van der Waals surface area (Å²) in [6.45, 7) is 10.2. The standard InChI is InChI=1S/C41H40N8O4S2/c1-21(2)28-16-30(36(52)18-34(28)50)38-42-43-40(54)48(38)26-8-10-33-25(15-26)13-23(5)46(33)20-47-41(55)49(27-7-9-32-24(14-27)11-12-45(32)6)39(44-47)31-17-29(22(3)4)35(51)19-37(31)53/h7-19,21-22,50-53H,20H2,1-6H3,(H,43,54). The van der Waals surface area contributed by atoms with E-state index in [1.165, 1.54) is 12.1 Å². The Morgan fingerprint density at radius 2 is 1.25 bits per heavy atom. The molecule has 8 aromatic rings. The number of hydrogen-bond donors (Lipinski definition) is 5. The summed E-state index contributed by atoms with van der Waals surface area (Å²) >= 11 is 11.8. The molecule has 0 saturated heterocycles. The van der Waals surface area contributed by atoms with Gasteiger partial charge in [0.25, 0.3) is 0 Å². The first-order chi connectivity index (χ1) is 26.2. The highest BCUT2D eigenvalue weighted by Crippen LogP contribution is 2.40. The Hall–Kier alpha value is -6.12. The van der Waals surface area contributed by atoms with E-state index in [4.69, 9.17) is 29.5 Å². The van der Waals surface area contributed by atoms with Crippen LogP contribution in [-0.4, -0.2) is 58.7 Å². The molecule has 0 spiro atoms. The summed E-state index contributed by atoms with van der Waals surface area (Å²) in [4.78, 5) is 0. The number of H-pyrrole nitrogens is 1. The molecule has 55 heavy (non-hydrogen) atoms. The van der Waals surface area contributed by atoms with Crippen LogP contribution in [0.25, 0.3) is 56.0 Å². The Morgan fingerprint density at radius 3 is 1.89 bits per heavy atom. The Morgan fingerprint density at radius 1 is 0.673 bits per heavy atom. The van der Waals surface area contributed by atoms with Gasteiger partial charge in [-0.15, -0.1) is 5.10 Å². The van der Waals surface area contributed by atoms with Crippen LogP contribution in [0.1, 0.15) is 56.4 Å². The molecular formula is C41H40N8O4S2. The van der Waals surface area contributed by atoms with Gasteiger partial charge in [0.1, 0.15) is 29.7 Å². The van der Waals surface area contributed by atoms with E-state index in [9.17, 15) is 20.4 Å². The highest BCUT2D eigenvalue weighted by atomic mass is 32.1. The number of benzene rings is 4. The molecule has 0 aliphatic heterocycles. The molecule has 8 rings (SSSR count). The van der Waals surface area contributed by atoms with Crippen molar-refractivity contribution in [2.45, 2.75) is 53.1 Å². The second kappa shape index (κ2) is 13.3. The summed E-state index contributed by atoms with van der Waals surface area (Å²) in [7, 11) is 2.00. The maximum absolute atomic E-state index is 11.2. The maximum Gasteiger partial charge on any atom is 0.204 e. The van der Waals surface area contributed by atoms with Gasteiger partial charge in [0.2, 0.25) is 4.77 Å². The second-order valence-corrected chi connectivity index (χ2v) is 15.3. The van der Waals surface area contributed by atoms with E-state index in [1.54, 1.807) is 21.4 Å². The predicted molar refractivity (Wildman–Crippen MR) is 219 cm³/mol. The van der Waals surface area contributed by atoms with Crippen molar-refractivity contribution in [2.75, 3.05) is 0 Å². The van der Waals surface area contributed by atoms with Crippen molar-refractivity contribution in [1.29, 1.82) is 0 Å². The summed E-state index contributed by atoms with van der Waals surface area (Å²) in [5.41, 5.74) is 6.73. The monoisotopic (exact) mass is 772 g/mol. The van der Waals surface area contributed by atoms with Crippen molar-refractivity contribution in [1.82, 2.24) is 38.2 Å². The molecule has 0 saturated carbocycles. The molecule has 0 bridgehead atoms. The Bertz CT molecular complexity index is 2940. The molecule has 14 heteroatoms. The van der Waals surface area contributed by atoms with Crippen molar-refractivity contribution in [3.63, 3.8) is 0 Å². The minimum atomic E-state index is -0.111. The smallest absolute Gasteiger partial charge is 0.204 e. The van der Waals surface area contributed by atoms with Crippen molar-refractivity contribution in [2.24, 2.45) is 7.05 Å². The Labute approximate surface area is 326 Å². The lowest BCUT2D eigenvalue weighted by Gasteiger charge is -2.14. The number of aromatic amines is 1. The molecule has 12 nitrogen and oxygen atoms in total. The van der Waals surface area contributed by atoms with Crippen molar-refractivity contribution in [3.05, 3.63) is 105 Å². The van der Waals surface area contributed by atoms with Gasteiger partial charge >= 0.3 is 0 Å². The zero-order valence-corrected chi connectivity index (χ0v) is 32.7. The highest BCUT2D eigenvalue weighted by Gasteiger charge is 2.23. The van der Waals surface area contributed by atoms with Gasteiger partial charge in [-0.1, -0.05) is 27.7 Å². The number of aromatic hydroxyl groups is 4. The van der Waals surface area contributed by atoms with Crippen LogP contribution in [0.3, 0.4) is 0 Å². The molecule has 5 N–H and O–H groups in total. The van der Waals surface area contributed by atoms with Gasteiger partial charge in [0.05, 0.1) is 22.5 Å². The van der Waals surface area contributed by atoms with Crippen LogP contribution in [-0.2, 0) is 13.7 Å². The zero-order chi connectivity index (χ0) is 39.0. The maximum atomic E-state index is 11.2. The average molecular weight is 773 g/mol. The van der Waals surface area contributed by atoms with Gasteiger partial charge in [-0.05, 0) is 115 Å². The summed E-state index contributed by atoms with van der Waals surface area (Å²) < 4.78 is 10.3. The largest absolute Gasteiger partial charge is 0.508 e. The fraction of sp³-hybridized carbons (Fsp3) is 0.220. The third-order valence-electron chi connectivity index (χ3n) is 10.3. The number of hydrogen-bond acceptors (Lipinski definition) is 8. The molecular weight excluding hydrogens is 733 g/mol. The molecule has 280 valence electrons. The Balaban J connectivity index is 1.24. The number of phenolic OH excluding ortho intramolecular Hbond substituents is 4. The van der Waals surface area contributed by atoms with Crippen LogP contribution in [0.5, 0.6) is 23.0 Å². The zero-order valence-electron chi connectivity index (χ0n) is 31.1. The second-order valence-electron chi connectivity index (χ2n) is 14.6. The molecule has 0 atom stereocenters. The van der Waals surface area contributed by atoms with Crippen LogP contribution in [0.4, 0.5) is 0 Å². The van der Waals surface area contributed by atoms with Crippen LogP contribution in [0.2, 0.25) is 0 Å². The first-order valence-corrected chi connectivity index (χ1v) is 18.7.